The molecule has 0 spiro atoms. The predicted octanol–water partition coefficient (Wildman–Crippen LogP) is 5.41. The normalized spacial score (nSPS) is 17.8. The average molecular weight is 299 g/mol. The van der Waals surface area contributed by atoms with Crippen molar-refractivity contribution < 1.29 is 0 Å². The third-order valence-electron chi connectivity index (χ3n) is 4.71. The van der Waals surface area contributed by atoms with E-state index in [2.05, 4.69) is 43.3 Å². The van der Waals surface area contributed by atoms with E-state index in [9.17, 15) is 0 Å². The molecule has 0 bridgehead atoms. The second-order valence-electron chi connectivity index (χ2n) is 6.14. The van der Waals surface area contributed by atoms with E-state index in [-0.39, 0.29) is 6.04 Å². The van der Waals surface area contributed by atoms with Crippen LogP contribution in [-0.2, 0) is 6.42 Å². The van der Waals surface area contributed by atoms with E-state index in [4.69, 9.17) is 5.73 Å². The van der Waals surface area contributed by atoms with Crippen LogP contribution in [0.4, 0.5) is 0 Å². The van der Waals surface area contributed by atoms with Gasteiger partial charge in [0, 0.05) is 9.75 Å². The predicted molar refractivity (Wildman–Crippen MR) is 92.0 cm³/mol. The van der Waals surface area contributed by atoms with Gasteiger partial charge in [-0.25, -0.2) is 0 Å². The van der Waals surface area contributed by atoms with Crippen LogP contribution in [0.1, 0.15) is 71.9 Å². The van der Waals surface area contributed by atoms with Gasteiger partial charge in [-0.2, -0.15) is 0 Å². The first-order chi connectivity index (χ1) is 10.3. The zero-order valence-corrected chi connectivity index (χ0v) is 13.7. The molecule has 1 saturated carbocycles. The average Bonchev–Trinajstić information content (AvgIpc) is 3.04. The molecule has 1 atom stereocenters. The Balaban J connectivity index is 1.73. The van der Waals surface area contributed by atoms with E-state index in [0.717, 1.165) is 12.3 Å². The van der Waals surface area contributed by atoms with Crippen LogP contribution >= 0.6 is 11.3 Å². The number of rotatable bonds is 4. The number of thiophene rings is 1. The topological polar surface area (TPSA) is 26.0 Å². The van der Waals surface area contributed by atoms with E-state index in [0.29, 0.717) is 0 Å². The minimum Gasteiger partial charge on any atom is -0.320 e. The minimum atomic E-state index is 0.0238. The molecule has 1 nitrogen and oxygen atoms in total. The molecule has 0 saturated heterocycles. The lowest BCUT2D eigenvalue weighted by Gasteiger charge is -2.22. The van der Waals surface area contributed by atoms with Crippen LogP contribution in [0, 0.1) is 0 Å². The van der Waals surface area contributed by atoms with E-state index < -0.39 is 0 Å². The number of hydrogen-bond acceptors (Lipinski definition) is 2. The van der Waals surface area contributed by atoms with Gasteiger partial charge >= 0.3 is 0 Å². The van der Waals surface area contributed by atoms with Gasteiger partial charge in [0.1, 0.15) is 0 Å². The third kappa shape index (κ3) is 3.38. The van der Waals surface area contributed by atoms with Crippen molar-refractivity contribution >= 4 is 11.3 Å². The van der Waals surface area contributed by atoms with Crippen molar-refractivity contribution in [2.24, 2.45) is 5.73 Å². The number of aryl methyl sites for hydroxylation is 1. The highest BCUT2D eigenvalue weighted by molar-refractivity contribution is 7.12. The van der Waals surface area contributed by atoms with Crippen molar-refractivity contribution in [3.05, 3.63) is 57.3 Å². The summed E-state index contributed by atoms with van der Waals surface area (Å²) in [4.78, 5) is 2.69. The lowest BCUT2D eigenvalue weighted by Crippen LogP contribution is -2.10. The third-order valence-corrected chi connectivity index (χ3v) is 6.02. The van der Waals surface area contributed by atoms with E-state index >= 15 is 0 Å². The van der Waals surface area contributed by atoms with Gasteiger partial charge in [0.05, 0.1) is 6.04 Å². The summed E-state index contributed by atoms with van der Waals surface area (Å²) in [5.74, 6) is 0.775. The van der Waals surface area contributed by atoms with E-state index in [1.807, 2.05) is 11.3 Å². The molecular formula is C19H25NS. The summed E-state index contributed by atoms with van der Waals surface area (Å²) < 4.78 is 0. The Morgan fingerprint density at radius 2 is 1.76 bits per heavy atom. The molecule has 0 radical (unpaired) electrons. The minimum absolute atomic E-state index is 0.0238. The molecule has 1 fully saturated rings. The second-order valence-corrected chi connectivity index (χ2v) is 7.34. The van der Waals surface area contributed by atoms with Crippen molar-refractivity contribution in [1.29, 1.82) is 0 Å². The van der Waals surface area contributed by atoms with Gasteiger partial charge in [-0.05, 0) is 48.4 Å². The molecule has 1 heterocycles. The fourth-order valence-electron chi connectivity index (χ4n) is 3.33. The maximum Gasteiger partial charge on any atom is 0.0646 e. The zero-order chi connectivity index (χ0) is 14.7. The zero-order valence-electron chi connectivity index (χ0n) is 12.8. The Morgan fingerprint density at radius 1 is 1.05 bits per heavy atom. The largest absolute Gasteiger partial charge is 0.320 e. The molecule has 112 valence electrons. The molecule has 2 N–H and O–H groups in total. The molecule has 1 unspecified atom stereocenters. The fourth-order valence-corrected chi connectivity index (χ4v) is 4.31. The number of hydrogen-bond donors (Lipinski definition) is 1. The van der Waals surface area contributed by atoms with Crippen LogP contribution in [0.15, 0.2) is 36.4 Å². The summed E-state index contributed by atoms with van der Waals surface area (Å²) in [6, 6.07) is 13.5. The number of benzene rings is 1. The van der Waals surface area contributed by atoms with Crippen molar-refractivity contribution in [1.82, 2.24) is 0 Å². The quantitative estimate of drug-likeness (QED) is 0.803. The van der Waals surface area contributed by atoms with Crippen LogP contribution in [0.3, 0.4) is 0 Å². The number of nitrogens with two attached hydrogens (primary N) is 1. The molecule has 1 aliphatic carbocycles. The van der Waals surface area contributed by atoms with Crippen molar-refractivity contribution in [2.75, 3.05) is 0 Å². The van der Waals surface area contributed by atoms with Crippen molar-refractivity contribution in [3.8, 4) is 0 Å². The Morgan fingerprint density at radius 3 is 2.38 bits per heavy atom. The molecule has 0 amide bonds. The summed E-state index contributed by atoms with van der Waals surface area (Å²) in [5.41, 5.74) is 9.16. The summed E-state index contributed by atoms with van der Waals surface area (Å²) in [7, 11) is 0. The standard InChI is InChI=1S/C19H25NS/c1-2-17-12-13-18(21-17)19(20)16-10-8-15(9-11-16)14-6-4-3-5-7-14/h8-14,19H,2-7,20H2,1H3. The molecule has 1 aliphatic rings. The molecular weight excluding hydrogens is 274 g/mol. The first-order valence-corrected chi connectivity index (χ1v) is 9.03. The van der Waals surface area contributed by atoms with Gasteiger partial charge in [-0.15, -0.1) is 11.3 Å². The van der Waals surface area contributed by atoms with E-state index in [1.165, 1.54) is 53.0 Å². The summed E-state index contributed by atoms with van der Waals surface area (Å²) >= 11 is 1.84. The summed E-state index contributed by atoms with van der Waals surface area (Å²) in [5, 5.41) is 0. The molecule has 1 aromatic heterocycles. The SMILES string of the molecule is CCc1ccc(C(N)c2ccc(C3CCCCC3)cc2)s1. The second kappa shape index (κ2) is 6.76. The van der Waals surface area contributed by atoms with Crippen molar-refractivity contribution in [2.45, 2.75) is 57.4 Å². The lowest BCUT2D eigenvalue weighted by molar-refractivity contribution is 0.443. The first kappa shape index (κ1) is 14.8. The van der Waals surface area contributed by atoms with Crippen LogP contribution in [0.5, 0.6) is 0 Å². The molecule has 3 rings (SSSR count). The maximum atomic E-state index is 6.42. The highest BCUT2D eigenvalue weighted by Crippen LogP contribution is 2.34. The Labute approximate surface area is 132 Å². The molecule has 2 aromatic rings. The van der Waals surface area contributed by atoms with Gasteiger partial charge in [0.15, 0.2) is 0 Å². The maximum absolute atomic E-state index is 6.42. The molecule has 21 heavy (non-hydrogen) atoms. The van der Waals surface area contributed by atoms with Gasteiger partial charge in [-0.3, -0.25) is 0 Å². The molecule has 0 aliphatic heterocycles. The lowest BCUT2D eigenvalue weighted by atomic mass is 9.83. The van der Waals surface area contributed by atoms with Gasteiger partial charge in [-0.1, -0.05) is 50.5 Å². The van der Waals surface area contributed by atoms with Gasteiger partial charge < -0.3 is 5.73 Å². The Hall–Kier alpha value is -1.12. The van der Waals surface area contributed by atoms with Crippen LogP contribution < -0.4 is 5.73 Å². The fraction of sp³-hybridized carbons (Fsp3) is 0.474. The smallest absolute Gasteiger partial charge is 0.0646 e. The van der Waals surface area contributed by atoms with Gasteiger partial charge in [0.25, 0.3) is 0 Å². The summed E-state index contributed by atoms with van der Waals surface area (Å²) in [6.45, 7) is 2.19. The van der Waals surface area contributed by atoms with E-state index in [1.54, 1.807) is 0 Å². The highest BCUT2D eigenvalue weighted by Gasteiger charge is 2.16. The summed E-state index contributed by atoms with van der Waals surface area (Å²) in [6.07, 6.45) is 8.00. The van der Waals surface area contributed by atoms with Crippen LogP contribution in [0.2, 0.25) is 0 Å². The van der Waals surface area contributed by atoms with Crippen molar-refractivity contribution in [3.63, 3.8) is 0 Å². The Kier molecular flexibility index (Phi) is 4.77. The van der Waals surface area contributed by atoms with Crippen LogP contribution in [0.25, 0.3) is 0 Å². The van der Waals surface area contributed by atoms with Gasteiger partial charge in [0.2, 0.25) is 0 Å². The Bertz CT molecular complexity index is 564. The molecule has 1 aromatic carbocycles. The monoisotopic (exact) mass is 299 g/mol. The molecule has 2 heteroatoms. The first-order valence-electron chi connectivity index (χ1n) is 8.22. The van der Waals surface area contributed by atoms with Crippen LogP contribution in [-0.4, -0.2) is 0 Å². The highest BCUT2D eigenvalue weighted by atomic mass is 32.1.